The Balaban J connectivity index is 0.000000136. The van der Waals surface area contributed by atoms with Gasteiger partial charge in [0.25, 0.3) is 5.91 Å². The van der Waals surface area contributed by atoms with Crippen molar-refractivity contribution >= 4 is 16.8 Å². The number of fused-ring (bicyclic) bond motifs is 2. The summed E-state index contributed by atoms with van der Waals surface area (Å²) in [5, 5.41) is 8.63. The maximum Gasteiger partial charge on any atom is 0.269 e. The number of nitrogens with two attached hydrogens (primary N) is 1. The number of carbonyl (C=O) groups is 1. The normalized spacial score (nSPS) is 26.4. The van der Waals surface area contributed by atoms with Crippen LogP contribution in [0, 0.1) is 11.8 Å². The van der Waals surface area contributed by atoms with E-state index < -0.39 is 5.91 Å². The lowest BCUT2D eigenvalue weighted by Gasteiger charge is -2.33. The molecule has 1 aliphatic carbocycles. The summed E-state index contributed by atoms with van der Waals surface area (Å²) in [6.07, 6.45) is 5.77. The van der Waals surface area contributed by atoms with Crippen LogP contribution in [0.15, 0.2) is 24.3 Å². The van der Waals surface area contributed by atoms with Crippen LogP contribution in [0.1, 0.15) is 36.2 Å². The van der Waals surface area contributed by atoms with Crippen molar-refractivity contribution in [2.75, 3.05) is 20.2 Å². The third kappa shape index (κ3) is 3.54. The smallest absolute Gasteiger partial charge is 0.269 e. The van der Waals surface area contributed by atoms with Crippen LogP contribution >= 0.6 is 0 Å². The first kappa shape index (κ1) is 16.0. The van der Waals surface area contributed by atoms with Crippen LogP contribution < -0.4 is 10.8 Å². The fraction of sp³-hybridized carbons (Fsp3) is 0.529. The molecule has 0 radical (unpaired) electrons. The highest BCUT2D eigenvalue weighted by Gasteiger charge is 2.34. The number of aromatic amines is 1. The monoisotopic (exact) mass is 317 g/mol. The predicted molar refractivity (Wildman–Crippen MR) is 87.8 cm³/mol. The number of benzene rings is 1. The fourth-order valence-electron chi connectivity index (χ4n) is 3.57. The van der Waals surface area contributed by atoms with E-state index in [0.717, 1.165) is 22.7 Å². The van der Waals surface area contributed by atoms with Crippen LogP contribution in [0.5, 0.6) is 0 Å². The highest BCUT2D eigenvalue weighted by Crippen LogP contribution is 2.38. The minimum absolute atomic E-state index is 0.297. The van der Waals surface area contributed by atoms with Gasteiger partial charge in [-0.2, -0.15) is 10.2 Å². The molecule has 23 heavy (non-hydrogen) atoms. The van der Waals surface area contributed by atoms with Crippen LogP contribution in [0.3, 0.4) is 0 Å². The van der Waals surface area contributed by atoms with Gasteiger partial charge in [0, 0.05) is 18.2 Å². The minimum Gasteiger partial charge on any atom is -0.364 e. The lowest BCUT2D eigenvalue weighted by Crippen LogP contribution is -3.10. The molecule has 1 aliphatic heterocycles. The Morgan fingerprint density at radius 2 is 1.87 bits per heavy atom. The summed E-state index contributed by atoms with van der Waals surface area (Å²) < 4.78 is 0. The van der Waals surface area contributed by atoms with E-state index >= 15 is 0 Å². The first-order valence-corrected chi connectivity index (χ1v) is 8.30. The number of nitrogens with zero attached hydrogens (tertiary/aromatic N) is 1. The van der Waals surface area contributed by atoms with Crippen LogP contribution in [0.4, 0.5) is 0 Å². The number of aromatic nitrogens is 2. The predicted octanol–water partition coefficient (Wildman–Crippen LogP) is 0.915. The van der Waals surface area contributed by atoms with Crippen molar-refractivity contribution in [3.8, 4) is 0 Å². The largest absolute Gasteiger partial charge is 0.364 e. The fourth-order valence-corrected chi connectivity index (χ4v) is 3.57. The number of carbonyl (C=O) groups excluding carboxylic acids is 1. The van der Waals surface area contributed by atoms with Gasteiger partial charge in [-0.05, 0) is 30.7 Å². The topological polar surface area (TPSA) is 85.4 Å². The number of rotatable bonds is 2. The lowest BCUT2D eigenvalue weighted by atomic mass is 9.71. The van der Waals surface area contributed by atoms with E-state index in [1.54, 1.807) is 6.07 Å². The zero-order valence-electron chi connectivity index (χ0n) is 13.5. The van der Waals surface area contributed by atoms with Crippen molar-refractivity contribution in [2.45, 2.75) is 25.7 Å². The van der Waals surface area contributed by atoms with Gasteiger partial charge in [0.2, 0.25) is 0 Å². The Morgan fingerprint density at radius 3 is 2.43 bits per heavy atom. The molecule has 2 fully saturated rings. The molecule has 2 aromatic rings. The van der Waals surface area contributed by atoms with Gasteiger partial charge in [-0.1, -0.05) is 18.2 Å². The van der Waals surface area contributed by atoms with E-state index in [4.69, 9.17) is 10.6 Å². The number of nitrogens with one attached hydrogen (secondary N) is 2. The summed E-state index contributed by atoms with van der Waals surface area (Å²) in [7, 11) is 1.82. The Kier molecular flexibility index (Phi) is 4.93. The molecule has 0 spiro atoms. The van der Waals surface area contributed by atoms with E-state index in [1.165, 1.54) is 43.8 Å². The molecule has 1 saturated carbocycles. The first-order valence-electron chi connectivity index (χ1n) is 8.30. The van der Waals surface area contributed by atoms with Crippen molar-refractivity contribution < 1.29 is 14.7 Å². The van der Waals surface area contributed by atoms with Gasteiger partial charge in [0.05, 0.1) is 12.6 Å². The van der Waals surface area contributed by atoms with Gasteiger partial charge in [-0.25, -0.2) is 4.84 Å². The summed E-state index contributed by atoms with van der Waals surface area (Å²) in [6.45, 7) is 2.47. The van der Waals surface area contributed by atoms with Crippen molar-refractivity contribution in [3.63, 3.8) is 0 Å². The van der Waals surface area contributed by atoms with Crippen molar-refractivity contribution in [2.24, 2.45) is 17.6 Å². The van der Waals surface area contributed by atoms with Gasteiger partial charge < -0.3 is 5.73 Å². The SMILES string of the molecule is CO[NH+]1CCC2CCC2CC1.NC(=O)c1n[nH]c2ccccc12. The van der Waals surface area contributed by atoms with Gasteiger partial charge >= 0.3 is 0 Å². The first-order chi connectivity index (χ1) is 11.2. The minimum atomic E-state index is -0.507. The van der Waals surface area contributed by atoms with Crippen LogP contribution in [-0.2, 0) is 4.84 Å². The highest BCUT2D eigenvalue weighted by molar-refractivity contribution is 6.03. The summed E-state index contributed by atoms with van der Waals surface area (Å²) in [5.41, 5.74) is 6.22. The molecule has 2 aliphatic rings. The maximum absolute atomic E-state index is 10.8. The number of quaternary nitrogens is 1. The third-order valence-electron chi connectivity index (χ3n) is 5.16. The van der Waals surface area contributed by atoms with E-state index in [9.17, 15) is 4.79 Å². The number of para-hydroxylation sites is 1. The summed E-state index contributed by atoms with van der Waals surface area (Å²) >= 11 is 0. The quantitative estimate of drug-likeness (QED) is 0.770. The Bertz CT molecular complexity index is 655. The molecular formula is C17H25N4O2+. The van der Waals surface area contributed by atoms with E-state index in [1.807, 2.05) is 25.3 Å². The molecule has 0 bridgehead atoms. The van der Waals surface area contributed by atoms with Gasteiger partial charge in [0.15, 0.2) is 5.69 Å². The Labute approximate surface area is 135 Å². The molecule has 2 atom stereocenters. The molecular weight excluding hydrogens is 292 g/mol. The van der Waals surface area contributed by atoms with Gasteiger partial charge in [0.1, 0.15) is 13.1 Å². The summed E-state index contributed by atoms with van der Waals surface area (Å²) in [6, 6.07) is 7.35. The summed E-state index contributed by atoms with van der Waals surface area (Å²) in [4.78, 5) is 16.1. The lowest BCUT2D eigenvalue weighted by molar-refractivity contribution is -1.09. The molecule has 4 rings (SSSR count). The van der Waals surface area contributed by atoms with Crippen molar-refractivity contribution in [1.29, 1.82) is 0 Å². The Hall–Kier alpha value is -1.92. The number of hydrogen-bond donors (Lipinski definition) is 3. The number of hydroxylamine groups is 2. The van der Waals surface area contributed by atoms with Gasteiger partial charge in [-0.3, -0.25) is 9.89 Å². The van der Waals surface area contributed by atoms with E-state index in [-0.39, 0.29) is 0 Å². The second kappa shape index (κ2) is 7.10. The molecule has 2 unspecified atom stereocenters. The zero-order chi connectivity index (χ0) is 16.2. The van der Waals surface area contributed by atoms with Crippen LogP contribution in [-0.4, -0.2) is 36.3 Å². The van der Waals surface area contributed by atoms with E-state index in [2.05, 4.69) is 10.2 Å². The maximum atomic E-state index is 10.8. The highest BCUT2D eigenvalue weighted by atomic mass is 16.7. The van der Waals surface area contributed by atoms with Crippen molar-refractivity contribution in [3.05, 3.63) is 30.0 Å². The molecule has 124 valence electrons. The van der Waals surface area contributed by atoms with Crippen LogP contribution in [0.25, 0.3) is 10.9 Å². The van der Waals surface area contributed by atoms with Crippen molar-refractivity contribution in [1.82, 2.24) is 10.2 Å². The third-order valence-corrected chi connectivity index (χ3v) is 5.16. The molecule has 6 heteroatoms. The number of amides is 1. The number of H-pyrrole nitrogens is 1. The van der Waals surface area contributed by atoms with E-state index in [0.29, 0.717) is 5.69 Å². The molecule has 6 nitrogen and oxygen atoms in total. The van der Waals surface area contributed by atoms with Gasteiger partial charge in [-0.15, -0.1) is 0 Å². The molecule has 2 heterocycles. The average Bonchev–Trinajstić information content (AvgIpc) is 2.91. The second-order valence-corrected chi connectivity index (χ2v) is 6.40. The summed E-state index contributed by atoms with van der Waals surface area (Å²) in [5.74, 6) is 1.61. The molecule has 1 aromatic carbocycles. The van der Waals surface area contributed by atoms with Crippen LogP contribution in [0.2, 0.25) is 0 Å². The Morgan fingerprint density at radius 1 is 1.22 bits per heavy atom. The number of primary amides is 1. The number of hydrogen-bond acceptors (Lipinski definition) is 3. The molecule has 4 N–H and O–H groups in total. The zero-order valence-corrected chi connectivity index (χ0v) is 13.5. The standard InChI is InChI=1S/C9H17NO.C8H7N3O/c1-11-10-6-4-8-2-3-9(8)5-7-10;9-8(12)7-5-3-1-2-4-6(5)10-11-7/h8-9H,2-7H2,1H3;1-4H,(H2,9,12)(H,10,11)/p+1. The molecule has 1 saturated heterocycles. The average molecular weight is 317 g/mol. The molecule has 1 aromatic heterocycles. The second-order valence-electron chi connectivity index (χ2n) is 6.40. The molecule has 1 amide bonds.